The number of carbonyl (C=O) groups excluding carboxylic acids is 1. The summed E-state index contributed by atoms with van der Waals surface area (Å²) in [5, 5.41) is 1.31. The minimum absolute atomic E-state index is 0. The van der Waals surface area contributed by atoms with Crippen LogP contribution in [0, 0.1) is 0 Å². The van der Waals surface area contributed by atoms with E-state index in [1.807, 2.05) is 0 Å². The molecule has 5 nitrogen and oxygen atoms in total. The molecule has 0 aromatic carbocycles. The van der Waals surface area contributed by atoms with E-state index in [2.05, 4.69) is 24.4 Å². The summed E-state index contributed by atoms with van der Waals surface area (Å²) >= 11 is 0. The predicted molar refractivity (Wildman–Crippen MR) is 121 cm³/mol. The Hall–Kier alpha value is 0.280. The standard InChI is InChI=1S/C21H41NO4S.Na.H/c1-3-4-5-6-7-8-9-10-11-12-13-14-15-16-17-18-20(23)21(19-22-2)27(24,25)26;;/h10-11,21-22H,3-9,12-19H2,1-2H3,(H,24,25,26);;/b11-10-;;. The van der Waals surface area contributed by atoms with Crippen LogP contribution in [0.1, 0.15) is 96.8 Å². The molecule has 0 radical (unpaired) electrons. The van der Waals surface area contributed by atoms with Gasteiger partial charge in [-0.15, -0.1) is 0 Å². The van der Waals surface area contributed by atoms with Crippen LogP contribution in [0.4, 0.5) is 0 Å². The number of hydrogen-bond donors (Lipinski definition) is 2. The fourth-order valence-corrected chi connectivity index (χ4v) is 3.93. The topological polar surface area (TPSA) is 83.5 Å². The first kappa shape index (κ1) is 30.5. The number of unbranched alkanes of at least 4 members (excludes halogenated alkanes) is 11. The van der Waals surface area contributed by atoms with Crippen LogP contribution in [0.25, 0.3) is 0 Å². The Morgan fingerprint density at radius 1 is 0.893 bits per heavy atom. The number of rotatable bonds is 19. The van der Waals surface area contributed by atoms with Crippen LogP contribution in [0.2, 0.25) is 0 Å². The van der Waals surface area contributed by atoms with Crippen molar-refractivity contribution in [3.8, 4) is 0 Å². The zero-order valence-electron chi connectivity index (χ0n) is 17.4. The molecular weight excluding hydrogens is 385 g/mol. The summed E-state index contributed by atoms with van der Waals surface area (Å²) in [6.45, 7) is 2.20. The Labute approximate surface area is 195 Å². The molecule has 0 saturated carbocycles. The molecule has 0 aromatic heterocycles. The van der Waals surface area contributed by atoms with Crippen molar-refractivity contribution in [3.63, 3.8) is 0 Å². The van der Waals surface area contributed by atoms with Gasteiger partial charge in [0.15, 0.2) is 11.0 Å². The van der Waals surface area contributed by atoms with Gasteiger partial charge in [0.05, 0.1) is 0 Å². The monoisotopic (exact) mass is 427 g/mol. The van der Waals surface area contributed by atoms with Crippen LogP contribution in [0.3, 0.4) is 0 Å². The summed E-state index contributed by atoms with van der Waals surface area (Å²) < 4.78 is 31.5. The summed E-state index contributed by atoms with van der Waals surface area (Å²) in [6, 6.07) is 0. The van der Waals surface area contributed by atoms with Gasteiger partial charge in [0.25, 0.3) is 10.1 Å². The number of allylic oxidation sites excluding steroid dienone is 2. The van der Waals surface area contributed by atoms with E-state index in [0.29, 0.717) is 6.42 Å². The number of nitrogens with one attached hydrogen (secondary N) is 1. The van der Waals surface area contributed by atoms with E-state index >= 15 is 0 Å². The fraction of sp³-hybridized carbons (Fsp3) is 0.857. The molecule has 0 heterocycles. The molecule has 0 aliphatic rings. The SMILES string of the molecule is CCCCCCCC/C=C\CCCCCCCC(=O)C(CNC)S(=O)(=O)O.[NaH]. The minimum atomic E-state index is -4.32. The summed E-state index contributed by atoms with van der Waals surface area (Å²) in [6.07, 6.45) is 20.1. The van der Waals surface area contributed by atoms with E-state index in [9.17, 15) is 13.2 Å². The first-order valence-electron chi connectivity index (χ1n) is 10.7. The molecule has 0 fully saturated rings. The van der Waals surface area contributed by atoms with Crippen molar-refractivity contribution < 1.29 is 17.8 Å². The molecule has 0 amide bonds. The number of ketones is 1. The molecule has 28 heavy (non-hydrogen) atoms. The van der Waals surface area contributed by atoms with Crippen molar-refractivity contribution in [2.75, 3.05) is 13.6 Å². The number of hydrogen-bond acceptors (Lipinski definition) is 4. The Kier molecular flexibility index (Phi) is 22.4. The second-order valence-electron chi connectivity index (χ2n) is 7.36. The van der Waals surface area contributed by atoms with Gasteiger partial charge in [0.2, 0.25) is 0 Å². The third-order valence-electron chi connectivity index (χ3n) is 4.79. The van der Waals surface area contributed by atoms with Gasteiger partial charge in [-0.2, -0.15) is 8.42 Å². The summed E-state index contributed by atoms with van der Waals surface area (Å²) in [7, 11) is -2.75. The average Bonchev–Trinajstić information content (AvgIpc) is 2.61. The molecule has 0 aliphatic carbocycles. The molecule has 1 unspecified atom stereocenters. The molecular formula is C21H42NNaO4S. The van der Waals surface area contributed by atoms with Crippen molar-refractivity contribution in [2.45, 2.75) is 102 Å². The quantitative estimate of drug-likeness (QED) is 0.138. The number of Topliss-reactive ketones (excluding diaryl/α,β-unsaturated/α-hetero) is 1. The summed E-state index contributed by atoms with van der Waals surface area (Å²) in [4.78, 5) is 11.9. The van der Waals surface area contributed by atoms with Gasteiger partial charge < -0.3 is 5.32 Å². The first-order chi connectivity index (χ1) is 12.9. The van der Waals surface area contributed by atoms with Crippen LogP contribution in [-0.2, 0) is 14.9 Å². The molecule has 162 valence electrons. The summed E-state index contributed by atoms with van der Waals surface area (Å²) in [5.41, 5.74) is 0. The molecule has 0 aliphatic heterocycles. The van der Waals surface area contributed by atoms with E-state index in [-0.39, 0.29) is 42.5 Å². The van der Waals surface area contributed by atoms with Crippen LogP contribution in [0.5, 0.6) is 0 Å². The second-order valence-corrected chi connectivity index (χ2v) is 8.96. The molecule has 0 rings (SSSR count). The van der Waals surface area contributed by atoms with Crippen molar-refractivity contribution >= 4 is 45.5 Å². The molecule has 7 heteroatoms. The van der Waals surface area contributed by atoms with Gasteiger partial charge >= 0.3 is 29.6 Å². The Morgan fingerprint density at radius 2 is 1.36 bits per heavy atom. The molecule has 1 atom stereocenters. The van der Waals surface area contributed by atoms with Gasteiger partial charge in [0, 0.05) is 13.0 Å². The van der Waals surface area contributed by atoms with Crippen molar-refractivity contribution in [1.82, 2.24) is 5.32 Å². The first-order valence-corrected chi connectivity index (χ1v) is 12.2. The number of carbonyl (C=O) groups is 1. The van der Waals surface area contributed by atoms with E-state index in [0.717, 1.165) is 32.1 Å². The van der Waals surface area contributed by atoms with E-state index < -0.39 is 21.2 Å². The Balaban J connectivity index is 0. The Morgan fingerprint density at radius 3 is 1.82 bits per heavy atom. The third kappa shape index (κ3) is 18.3. The molecule has 0 spiro atoms. The van der Waals surface area contributed by atoms with Crippen molar-refractivity contribution in [3.05, 3.63) is 12.2 Å². The maximum atomic E-state index is 11.9. The van der Waals surface area contributed by atoms with E-state index in [4.69, 9.17) is 4.55 Å². The van der Waals surface area contributed by atoms with E-state index in [1.165, 1.54) is 44.9 Å². The third-order valence-corrected chi connectivity index (χ3v) is 5.94. The van der Waals surface area contributed by atoms with Crippen LogP contribution in [0.15, 0.2) is 12.2 Å². The molecule has 0 aromatic rings. The van der Waals surface area contributed by atoms with Crippen molar-refractivity contribution in [2.24, 2.45) is 0 Å². The normalized spacial score (nSPS) is 12.8. The van der Waals surface area contributed by atoms with E-state index in [1.54, 1.807) is 7.05 Å². The van der Waals surface area contributed by atoms with Gasteiger partial charge in [-0.3, -0.25) is 9.35 Å². The molecule has 0 bridgehead atoms. The molecule has 0 saturated heterocycles. The zero-order valence-corrected chi connectivity index (χ0v) is 18.2. The van der Waals surface area contributed by atoms with Crippen molar-refractivity contribution in [1.29, 1.82) is 0 Å². The van der Waals surface area contributed by atoms with Crippen LogP contribution >= 0.6 is 0 Å². The van der Waals surface area contributed by atoms with Gasteiger partial charge in [-0.1, -0.05) is 70.4 Å². The maximum absolute atomic E-state index is 11.9. The van der Waals surface area contributed by atoms with Gasteiger partial charge in [-0.25, -0.2) is 0 Å². The zero-order chi connectivity index (χ0) is 20.4. The van der Waals surface area contributed by atoms with Crippen LogP contribution < -0.4 is 5.32 Å². The fourth-order valence-electron chi connectivity index (χ4n) is 3.10. The van der Waals surface area contributed by atoms with Gasteiger partial charge in [0.1, 0.15) is 0 Å². The van der Waals surface area contributed by atoms with Crippen LogP contribution in [-0.4, -0.2) is 67.2 Å². The Bertz CT molecular complexity index is 495. The predicted octanol–water partition coefficient (Wildman–Crippen LogP) is 4.42. The molecule has 2 N–H and O–H groups in total. The second kappa shape index (κ2) is 20.5. The van der Waals surface area contributed by atoms with Gasteiger partial charge in [-0.05, 0) is 39.2 Å². The average molecular weight is 428 g/mol. The summed E-state index contributed by atoms with van der Waals surface area (Å²) in [5.74, 6) is -0.399.